The molecule has 0 radical (unpaired) electrons. The molecule has 0 bridgehead atoms. The zero-order valence-corrected chi connectivity index (χ0v) is 15.4. The van der Waals surface area contributed by atoms with E-state index < -0.39 is 86.5 Å². The molecule has 12 heteroatoms. The molecule has 7 N–H and O–H groups in total. The van der Waals surface area contributed by atoms with Gasteiger partial charge in [-0.1, -0.05) is 13.8 Å². The van der Waals surface area contributed by atoms with Gasteiger partial charge < -0.3 is 54.7 Å². The SMILES string of the molecule is CC(C)C(=O)O[C@H]1[C@H](O[C@H]2[C@H](O)[C@@H](O)[C@H](O)O[C@@H]2CO)O[C@H](CO)[C@H](O)[C@@H]1O. The summed E-state index contributed by atoms with van der Waals surface area (Å²) in [5.74, 6) is -1.31. The Labute approximate surface area is 160 Å². The van der Waals surface area contributed by atoms with Gasteiger partial charge in [-0.2, -0.15) is 0 Å². The van der Waals surface area contributed by atoms with Gasteiger partial charge in [-0.05, 0) is 0 Å². The minimum absolute atomic E-state index is 0.577. The lowest BCUT2D eigenvalue weighted by Gasteiger charge is -2.46. The van der Waals surface area contributed by atoms with E-state index in [2.05, 4.69) is 0 Å². The molecule has 2 rings (SSSR count). The molecule has 164 valence electrons. The first-order chi connectivity index (χ1) is 13.1. The first-order valence-corrected chi connectivity index (χ1v) is 8.91. The van der Waals surface area contributed by atoms with Crippen molar-refractivity contribution in [2.75, 3.05) is 13.2 Å². The molecule has 0 aromatic carbocycles. The van der Waals surface area contributed by atoms with E-state index in [1.165, 1.54) is 0 Å². The van der Waals surface area contributed by atoms with Crippen molar-refractivity contribution < 1.29 is 59.5 Å². The zero-order chi connectivity index (χ0) is 21.2. The predicted octanol–water partition coefficient (Wildman–Crippen LogP) is -4.19. The molecule has 2 saturated heterocycles. The second-order valence-corrected chi connectivity index (χ2v) is 7.09. The van der Waals surface area contributed by atoms with Gasteiger partial charge in [-0.15, -0.1) is 0 Å². The summed E-state index contributed by atoms with van der Waals surface area (Å²) in [7, 11) is 0. The fourth-order valence-corrected chi connectivity index (χ4v) is 2.95. The van der Waals surface area contributed by atoms with Gasteiger partial charge in [0.25, 0.3) is 0 Å². The van der Waals surface area contributed by atoms with Crippen molar-refractivity contribution in [2.24, 2.45) is 5.92 Å². The van der Waals surface area contributed by atoms with Gasteiger partial charge >= 0.3 is 5.97 Å². The first kappa shape index (κ1) is 23.3. The van der Waals surface area contributed by atoms with Crippen LogP contribution in [0.2, 0.25) is 0 Å². The molecule has 12 nitrogen and oxygen atoms in total. The number of aliphatic hydroxyl groups excluding tert-OH is 7. The summed E-state index contributed by atoms with van der Waals surface area (Å²) in [4.78, 5) is 12.0. The molecule has 10 atom stereocenters. The predicted molar refractivity (Wildman–Crippen MR) is 87.3 cm³/mol. The molecule has 0 aromatic rings. The molecule has 2 fully saturated rings. The topological polar surface area (TPSA) is 196 Å². The Morgan fingerprint density at radius 1 is 0.857 bits per heavy atom. The van der Waals surface area contributed by atoms with Crippen molar-refractivity contribution in [2.45, 2.75) is 75.3 Å². The maximum absolute atomic E-state index is 12.0. The van der Waals surface area contributed by atoms with Crippen LogP contribution in [-0.2, 0) is 23.7 Å². The maximum atomic E-state index is 12.0. The van der Waals surface area contributed by atoms with Crippen molar-refractivity contribution in [1.29, 1.82) is 0 Å². The van der Waals surface area contributed by atoms with Crippen molar-refractivity contribution >= 4 is 5.97 Å². The Balaban J connectivity index is 2.25. The quantitative estimate of drug-likeness (QED) is 0.208. The summed E-state index contributed by atoms with van der Waals surface area (Å²) >= 11 is 0. The molecule has 0 spiro atoms. The van der Waals surface area contributed by atoms with Crippen molar-refractivity contribution in [1.82, 2.24) is 0 Å². The number of carbonyl (C=O) groups excluding carboxylic acids is 1. The zero-order valence-electron chi connectivity index (χ0n) is 15.4. The first-order valence-electron chi connectivity index (χ1n) is 8.91. The van der Waals surface area contributed by atoms with Gasteiger partial charge in [0.05, 0.1) is 19.1 Å². The third kappa shape index (κ3) is 4.79. The summed E-state index contributed by atoms with van der Waals surface area (Å²) in [6.45, 7) is 1.68. The lowest BCUT2D eigenvalue weighted by Crippen LogP contribution is -2.65. The van der Waals surface area contributed by atoms with E-state index >= 15 is 0 Å². The Bertz CT molecular complexity index is 514. The van der Waals surface area contributed by atoms with Crippen molar-refractivity contribution in [3.63, 3.8) is 0 Å². The molecule has 0 aromatic heterocycles. The average molecular weight is 412 g/mol. The number of esters is 1. The van der Waals surface area contributed by atoms with Crippen LogP contribution in [0, 0.1) is 5.92 Å². The highest BCUT2D eigenvalue weighted by Gasteiger charge is 2.51. The van der Waals surface area contributed by atoms with E-state index in [0.29, 0.717) is 0 Å². The van der Waals surface area contributed by atoms with Crippen molar-refractivity contribution in [3.05, 3.63) is 0 Å². The van der Waals surface area contributed by atoms with E-state index in [1.54, 1.807) is 13.8 Å². The van der Waals surface area contributed by atoms with Gasteiger partial charge in [0.15, 0.2) is 18.7 Å². The monoisotopic (exact) mass is 412 g/mol. The third-order valence-electron chi connectivity index (χ3n) is 4.68. The number of carbonyl (C=O) groups is 1. The third-order valence-corrected chi connectivity index (χ3v) is 4.68. The number of aliphatic hydroxyl groups is 7. The highest BCUT2D eigenvalue weighted by molar-refractivity contribution is 5.71. The summed E-state index contributed by atoms with van der Waals surface area (Å²) in [6.07, 6.45) is -15.7. The van der Waals surface area contributed by atoms with Crippen LogP contribution in [0.5, 0.6) is 0 Å². The van der Waals surface area contributed by atoms with Crippen LogP contribution in [-0.4, -0.2) is 116 Å². The number of ether oxygens (including phenoxy) is 4. The lowest BCUT2D eigenvalue weighted by atomic mass is 9.97. The molecular formula is C16H28O12. The fourth-order valence-electron chi connectivity index (χ4n) is 2.95. The number of rotatable bonds is 6. The molecule has 0 aliphatic carbocycles. The van der Waals surface area contributed by atoms with Gasteiger partial charge in [-0.3, -0.25) is 4.79 Å². The molecule has 0 saturated carbocycles. The molecule has 2 aliphatic rings. The van der Waals surface area contributed by atoms with E-state index in [9.17, 15) is 40.5 Å². The Hall–Kier alpha value is -0.930. The molecule has 28 heavy (non-hydrogen) atoms. The van der Waals surface area contributed by atoms with E-state index in [0.717, 1.165) is 0 Å². The standard InChI is InChI=1S/C16H28O12/c1-5(2)14(23)27-13-9(20)8(19)6(3-17)26-16(13)28-12-7(4-18)25-15(24)11(22)10(12)21/h5-13,15-22,24H,3-4H2,1-2H3/t6-,7-,8+,9+,10-,11-,12-,13-,15-,16+/m1/s1. The Morgan fingerprint density at radius 2 is 1.43 bits per heavy atom. The van der Waals surface area contributed by atoms with Crippen LogP contribution in [0.1, 0.15) is 13.8 Å². The molecular weight excluding hydrogens is 384 g/mol. The minimum atomic E-state index is -1.77. The van der Waals surface area contributed by atoms with E-state index in [4.69, 9.17) is 18.9 Å². The molecule has 0 amide bonds. The molecule has 2 aliphatic heterocycles. The highest BCUT2D eigenvalue weighted by atomic mass is 16.7. The van der Waals surface area contributed by atoms with Crippen LogP contribution in [0.4, 0.5) is 0 Å². The smallest absolute Gasteiger partial charge is 0.308 e. The summed E-state index contributed by atoms with van der Waals surface area (Å²) in [5.41, 5.74) is 0. The van der Waals surface area contributed by atoms with E-state index in [1.807, 2.05) is 0 Å². The van der Waals surface area contributed by atoms with E-state index in [-0.39, 0.29) is 0 Å². The van der Waals surface area contributed by atoms with Crippen LogP contribution >= 0.6 is 0 Å². The highest BCUT2D eigenvalue weighted by Crippen LogP contribution is 2.30. The summed E-state index contributed by atoms with van der Waals surface area (Å²) < 4.78 is 21.0. The number of hydrogen-bond donors (Lipinski definition) is 7. The Kier molecular flexibility index (Phi) is 8.10. The van der Waals surface area contributed by atoms with Gasteiger partial charge in [0, 0.05) is 0 Å². The summed E-state index contributed by atoms with van der Waals surface area (Å²) in [5, 5.41) is 68.7. The van der Waals surface area contributed by atoms with Crippen LogP contribution in [0.3, 0.4) is 0 Å². The Morgan fingerprint density at radius 3 is 1.96 bits per heavy atom. The molecule has 2 heterocycles. The second-order valence-electron chi connectivity index (χ2n) is 7.09. The van der Waals surface area contributed by atoms with Crippen LogP contribution in [0.15, 0.2) is 0 Å². The van der Waals surface area contributed by atoms with Crippen LogP contribution in [0.25, 0.3) is 0 Å². The average Bonchev–Trinajstić information content (AvgIpc) is 2.66. The van der Waals surface area contributed by atoms with Gasteiger partial charge in [-0.25, -0.2) is 0 Å². The largest absolute Gasteiger partial charge is 0.454 e. The maximum Gasteiger partial charge on any atom is 0.308 e. The minimum Gasteiger partial charge on any atom is -0.454 e. The molecule has 0 unspecified atom stereocenters. The van der Waals surface area contributed by atoms with Crippen molar-refractivity contribution in [3.8, 4) is 0 Å². The lowest BCUT2D eigenvalue weighted by molar-refractivity contribution is -0.356. The normalized spacial score (nSPS) is 44.5. The van der Waals surface area contributed by atoms with Gasteiger partial charge in [0.2, 0.25) is 0 Å². The second kappa shape index (κ2) is 9.71. The van der Waals surface area contributed by atoms with Gasteiger partial charge in [0.1, 0.15) is 42.7 Å². The fraction of sp³-hybridized carbons (Fsp3) is 0.938. The van der Waals surface area contributed by atoms with Crippen LogP contribution < -0.4 is 0 Å². The summed E-state index contributed by atoms with van der Waals surface area (Å²) in [6, 6.07) is 0. The number of hydrogen-bond acceptors (Lipinski definition) is 12.